The maximum Gasteiger partial charge on any atom is 0.261 e. The van der Waals surface area contributed by atoms with Crippen molar-refractivity contribution in [2.75, 3.05) is 25.0 Å². The van der Waals surface area contributed by atoms with Crippen molar-refractivity contribution in [1.29, 1.82) is 0 Å². The van der Waals surface area contributed by atoms with Crippen LogP contribution in [0.15, 0.2) is 48.5 Å². The number of piperidine rings is 1. The van der Waals surface area contributed by atoms with Crippen molar-refractivity contribution in [3.63, 3.8) is 0 Å². The first-order valence-corrected chi connectivity index (χ1v) is 12.0. The Labute approximate surface area is 201 Å². The summed E-state index contributed by atoms with van der Waals surface area (Å²) in [6.45, 7) is 8.64. The summed E-state index contributed by atoms with van der Waals surface area (Å²) in [5.74, 6) is 1.45. The topological polar surface area (TPSA) is 70.7 Å². The van der Waals surface area contributed by atoms with E-state index in [1.54, 1.807) is 42.5 Å². The van der Waals surface area contributed by atoms with Gasteiger partial charge in [-0.1, -0.05) is 32.9 Å². The molecule has 3 rings (SSSR count). The van der Waals surface area contributed by atoms with Crippen LogP contribution in [0.1, 0.15) is 60.7 Å². The van der Waals surface area contributed by atoms with Crippen LogP contribution in [0.2, 0.25) is 0 Å². The Morgan fingerprint density at radius 3 is 2.42 bits per heavy atom. The molecule has 0 aliphatic carbocycles. The van der Waals surface area contributed by atoms with Gasteiger partial charge in [0.2, 0.25) is 0 Å². The van der Waals surface area contributed by atoms with E-state index in [9.17, 15) is 9.59 Å². The van der Waals surface area contributed by atoms with Gasteiger partial charge in [-0.25, -0.2) is 0 Å². The van der Waals surface area contributed by atoms with Crippen LogP contribution in [0.4, 0.5) is 5.69 Å². The fraction of sp³-hybridized carbons (Fsp3) is 0.423. The largest absolute Gasteiger partial charge is 0.493 e. The smallest absolute Gasteiger partial charge is 0.261 e. The number of para-hydroxylation sites is 1. The lowest BCUT2D eigenvalue weighted by molar-refractivity contribution is 0.0697. The van der Waals surface area contributed by atoms with E-state index in [0.717, 1.165) is 32.4 Å². The van der Waals surface area contributed by atoms with E-state index in [1.807, 2.05) is 11.0 Å². The summed E-state index contributed by atoms with van der Waals surface area (Å²) in [6.07, 6.45) is 3.00. The van der Waals surface area contributed by atoms with Gasteiger partial charge >= 0.3 is 0 Å². The zero-order valence-electron chi connectivity index (χ0n) is 19.6. The lowest BCUT2D eigenvalue weighted by Gasteiger charge is -2.30. The van der Waals surface area contributed by atoms with Gasteiger partial charge in [-0.2, -0.15) is 0 Å². The number of nitrogens with zero attached hydrogens (tertiary/aromatic N) is 1. The third-order valence-electron chi connectivity index (χ3n) is 5.77. The first-order chi connectivity index (χ1) is 15.8. The van der Waals surface area contributed by atoms with Gasteiger partial charge in [0.1, 0.15) is 5.75 Å². The minimum atomic E-state index is -0.334. The summed E-state index contributed by atoms with van der Waals surface area (Å²) in [7, 11) is 0. The standard InChI is InChI=1S/C26H33N3O3S/c1-18(2)14-17-32-23-7-5-4-6-22(23)24(30)28-26(33)27-21-10-8-20(9-11-21)25(31)29-15-12-19(3)13-16-29/h4-11,18-19H,12-17H2,1-3H3,(H2,27,28,30,33). The van der Waals surface area contributed by atoms with Crippen LogP contribution in [0.25, 0.3) is 0 Å². The molecule has 0 unspecified atom stereocenters. The van der Waals surface area contributed by atoms with Gasteiger partial charge in [0.25, 0.3) is 11.8 Å². The van der Waals surface area contributed by atoms with Gasteiger partial charge in [-0.15, -0.1) is 0 Å². The van der Waals surface area contributed by atoms with E-state index in [0.29, 0.717) is 41.0 Å². The Bertz CT molecular complexity index is 967. The second kappa shape index (κ2) is 11.8. The molecular formula is C26H33N3O3S. The molecule has 0 bridgehead atoms. The zero-order chi connectivity index (χ0) is 23.8. The minimum Gasteiger partial charge on any atom is -0.493 e. The maximum atomic E-state index is 12.7. The molecule has 1 fully saturated rings. The summed E-state index contributed by atoms with van der Waals surface area (Å²) >= 11 is 5.32. The summed E-state index contributed by atoms with van der Waals surface area (Å²) in [4.78, 5) is 27.3. The third kappa shape index (κ3) is 7.29. The summed E-state index contributed by atoms with van der Waals surface area (Å²) < 4.78 is 5.80. The second-order valence-electron chi connectivity index (χ2n) is 8.99. The number of hydrogen-bond donors (Lipinski definition) is 2. The van der Waals surface area contributed by atoms with Crippen molar-refractivity contribution >= 4 is 34.8 Å². The summed E-state index contributed by atoms with van der Waals surface area (Å²) in [5.41, 5.74) is 1.78. The lowest BCUT2D eigenvalue weighted by Crippen LogP contribution is -2.37. The molecule has 6 nitrogen and oxygen atoms in total. The molecule has 2 aromatic rings. The molecule has 7 heteroatoms. The monoisotopic (exact) mass is 467 g/mol. The first kappa shape index (κ1) is 24.7. The van der Waals surface area contributed by atoms with Crippen molar-refractivity contribution < 1.29 is 14.3 Å². The molecular weight excluding hydrogens is 434 g/mol. The van der Waals surface area contributed by atoms with E-state index in [1.165, 1.54) is 0 Å². The van der Waals surface area contributed by atoms with Gasteiger partial charge in [-0.3, -0.25) is 14.9 Å². The molecule has 1 heterocycles. The molecule has 1 aliphatic rings. The SMILES string of the molecule is CC(C)CCOc1ccccc1C(=O)NC(=S)Nc1ccc(C(=O)N2CCC(C)CC2)cc1. The summed E-state index contributed by atoms with van der Waals surface area (Å²) in [6, 6.07) is 14.3. The number of amides is 2. The molecule has 33 heavy (non-hydrogen) atoms. The molecule has 0 atom stereocenters. The average molecular weight is 468 g/mol. The van der Waals surface area contributed by atoms with Gasteiger partial charge in [0, 0.05) is 24.3 Å². The molecule has 1 aliphatic heterocycles. The van der Waals surface area contributed by atoms with Crippen LogP contribution < -0.4 is 15.4 Å². The highest BCUT2D eigenvalue weighted by Crippen LogP contribution is 2.20. The molecule has 176 valence electrons. The number of nitrogens with one attached hydrogen (secondary N) is 2. The van der Waals surface area contributed by atoms with Crippen LogP contribution in [0.5, 0.6) is 5.75 Å². The van der Waals surface area contributed by atoms with E-state index in [4.69, 9.17) is 17.0 Å². The van der Waals surface area contributed by atoms with E-state index in [2.05, 4.69) is 31.4 Å². The van der Waals surface area contributed by atoms with Crippen molar-refractivity contribution in [2.45, 2.75) is 40.0 Å². The average Bonchev–Trinajstić information content (AvgIpc) is 2.79. The van der Waals surface area contributed by atoms with Gasteiger partial charge in [0.15, 0.2) is 5.11 Å². The number of carbonyl (C=O) groups excluding carboxylic acids is 2. The first-order valence-electron chi connectivity index (χ1n) is 11.6. The minimum absolute atomic E-state index is 0.0541. The van der Waals surface area contributed by atoms with Crippen molar-refractivity contribution in [3.05, 3.63) is 59.7 Å². The Balaban J connectivity index is 1.54. The third-order valence-corrected chi connectivity index (χ3v) is 5.98. The fourth-order valence-corrected chi connectivity index (χ4v) is 3.82. The molecule has 2 N–H and O–H groups in total. The number of ether oxygens (including phenoxy) is 1. The quantitative estimate of drug-likeness (QED) is 0.554. The number of hydrogen-bond acceptors (Lipinski definition) is 4. The predicted molar refractivity (Wildman–Crippen MR) is 136 cm³/mol. The second-order valence-corrected chi connectivity index (χ2v) is 9.40. The highest BCUT2D eigenvalue weighted by atomic mass is 32.1. The Kier molecular flexibility index (Phi) is 8.83. The normalized spacial score (nSPS) is 14.1. The molecule has 2 aromatic carbocycles. The van der Waals surface area contributed by atoms with Crippen molar-refractivity contribution in [1.82, 2.24) is 10.2 Å². The number of likely N-dealkylation sites (tertiary alicyclic amines) is 1. The van der Waals surface area contributed by atoms with Crippen LogP contribution in [0.3, 0.4) is 0 Å². The Hall–Kier alpha value is -2.93. The molecule has 0 saturated carbocycles. The summed E-state index contributed by atoms with van der Waals surface area (Å²) in [5, 5.41) is 5.89. The van der Waals surface area contributed by atoms with Gasteiger partial charge in [0.05, 0.1) is 12.2 Å². The molecule has 2 amide bonds. The predicted octanol–water partition coefficient (Wildman–Crippen LogP) is 5.11. The Morgan fingerprint density at radius 2 is 1.76 bits per heavy atom. The fourth-order valence-electron chi connectivity index (χ4n) is 3.61. The number of benzene rings is 2. The zero-order valence-corrected chi connectivity index (χ0v) is 20.4. The van der Waals surface area contributed by atoms with Crippen LogP contribution >= 0.6 is 12.2 Å². The van der Waals surface area contributed by atoms with Crippen LogP contribution in [-0.2, 0) is 0 Å². The van der Waals surface area contributed by atoms with E-state index in [-0.39, 0.29) is 16.9 Å². The van der Waals surface area contributed by atoms with E-state index >= 15 is 0 Å². The number of anilines is 1. The number of rotatable bonds is 7. The van der Waals surface area contributed by atoms with E-state index < -0.39 is 0 Å². The Morgan fingerprint density at radius 1 is 1.09 bits per heavy atom. The molecule has 0 aromatic heterocycles. The lowest BCUT2D eigenvalue weighted by atomic mass is 9.98. The molecule has 0 radical (unpaired) electrons. The maximum absolute atomic E-state index is 12.7. The molecule has 1 saturated heterocycles. The van der Waals surface area contributed by atoms with Crippen LogP contribution in [0, 0.1) is 11.8 Å². The van der Waals surface area contributed by atoms with Crippen molar-refractivity contribution in [3.8, 4) is 5.75 Å². The van der Waals surface area contributed by atoms with Gasteiger partial charge < -0.3 is 15.0 Å². The van der Waals surface area contributed by atoms with Crippen molar-refractivity contribution in [2.24, 2.45) is 11.8 Å². The molecule has 0 spiro atoms. The van der Waals surface area contributed by atoms with Gasteiger partial charge in [-0.05, 0) is 79.7 Å². The highest BCUT2D eigenvalue weighted by Gasteiger charge is 2.21. The van der Waals surface area contributed by atoms with Crippen LogP contribution in [-0.4, -0.2) is 41.5 Å². The number of carbonyl (C=O) groups is 2. The highest BCUT2D eigenvalue weighted by molar-refractivity contribution is 7.80. The number of thiocarbonyl (C=S) groups is 1.